The van der Waals surface area contributed by atoms with Crippen molar-refractivity contribution >= 4 is 46.3 Å². The van der Waals surface area contributed by atoms with Crippen molar-refractivity contribution in [1.29, 1.82) is 0 Å². The summed E-state index contributed by atoms with van der Waals surface area (Å²) in [4.78, 5) is 5.29. The van der Waals surface area contributed by atoms with Crippen molar-refractivity contribution in [3.63, 3.8) is 0 Å². The van der Waals surface area contributed by atoms with Gasteiger partial charge in [0, 0.05) is 5.75 Å². The third-order valence-electron chi connectivity index (χ3n) is 2.85. The van der Waals surface area contributed by atoms with Crippen LogP contribution < -0.4 is 0 Å². The summed E-state index contributed by atoms with van der Waals surface area (Å²) in [6, 6.07) is 5.54. The molecule has 0 aliphatic rings. The first-order valence-corrected chi connectivity index (χ1v) is 8.93. The summed E-state index contributed by atoms with van der Waals surface area (Å²) in [6.45, 7) is 3.89. The fourth-order valence-corrected chi connectivity index (χ4v) is 3.73. The van der Waals surface area contributed by atoms with Gasteiger partial charge in [-0.05, 0) is 31.5 Å². The highest BCUT2D eigenvalue weighted by Crippen LogP contribution is 2.32. The van der Waals surface area contributed by atoms with E-state index < -0.39 is 0 Å². The number of rotatable bonds is 4. The summed E-state index contributed by atoms with van der Waals surface area (Å²) in [6.07, 6.45) is 0. The maximum Gasteiger partial charge on any atom is 0.277 e. The summed E-state index contributed by atoms with van der Waals surface area (Å²) in [5.41, 5.74) is 1.95. The predicted octanol–water partition coefficient (Wildman–Crippen LogP) is 5.41. The van der Waals surface area contributed by atoms with Crippen LogP contribution in [0.4, 0.5) is 0 Å². The zero-order valence-electron chi connectivity index (χ0n) is 11.8. The second-order valence-corrected chi connectivity index (χ2v) is 7.50. The molecule has 1 aromatic carbocycles. The van der Waals surface area contributed by atoms with E-state index in [1.54, 1.807) is 17.4 Å². The number of thioether (sulfide) groups is 1. The smallest absolute Gasteiger partial charge is 0.277 e. The summed E-state index contributed by atoms with van der Waals surface area (Å²) < 4.78 is 5.69. The maximum atomic E-state index is 6.00. The lowest BCUT2D eigenvalue weighted by molar-refractivity contribution is 0.466. The van der Waals surface area contributed by atoms with Crippen molar-refractivity contribution in [2.75, 3.05) is 0 Å². The van der Waals surface area contributed by atoms with Crippen LogP contribution in [0.25, 0.3) is 10.8 Å². The van der Waals surface area contributed by atoms with Gasteiger partial charge >= 0.3 is 0 Å². The Labute approximate surface area is 145 Å². The second kappa shape index (κ2) is 6.58. The van der Waals surface area contributed by atoms with E-state index in [1.807, 2.05) is 26.0 Å². The Bertz CT molecular complexity index is 816. The summed E-state index contributed by atoms with van der Waals surface area (Å²) in [7, 11) is 0. The van der Waals surface area contributed by atoms with Crippen LogP contribution in [-0.4, -0.2) is 15.2 Å². The molecule has 8 heteroatoms. The maximum absolute atomic E-state index is 6.00. The molecule has 0 saturated carbocycles. The molecular formula is C14H11Cl2N3OS2. The number of hydrogen-bond donors (Lipinski definition) is 0. The molecule has 0 fully saturated rings. The summed E-state index contributed by atoms with van der Waals surface area (Å²) in [5.74, 6) is 1.19. The lowest BCUT2D eigenvalue weighted by Gasteiger charge is -2.00. The van der Waals surface area contributed by atoms with E-state index in [9.17, 15) is 0 Å². The Morgan fingerprint density at radius 1 is 1.18 bits per heavy atom. The Morgan fingerprint density at radius 3 is 2.68 bits per heavy atom. The standard InChI is InChI=1S/C14H11Cl2N3OS2/c1-7-12(22-8(2)17-7)13-18-19-14(20-13)21-6-9-3-4-10(15)11(16)5-9/h3-5H,6H2,1-2H3. The molecule has 2 aromatic heterocycles. The monoisotopic (exact) mass is 371 g/mol. The van der Waals surface area contributed by atoms with Crippen LogP contribution in [0.2, 0.25) is 10.0 Å². The van der Waals surface area contributed by atoms with Crippen LogP contribution in [0.5, 0.6) is 0 Å². The highest BCUT2D eigenvalue weighted by molar-refractivity contribution is 7.98. The van der Waals surface area contributed by atoms with E-state index in [2.05, 4.69) is 15.2 Å². The van der Waals surface area contributed by atoms with E-state index in [0.717, 1.165) is 21.1 Å². The molecule has 0 radical (unpaired) electrons. The number of nitrogens with zero attached hydrogens (tertiary/aromatic N) is 3. The first-order chi connectivity index (χ1) is 10.5. The van der Waals surface area contributed by atoms with Gasteiger partial charge in [-0.15, -0.1) is 21.5 Å². The van der Waals surface area contributed by atoms with E-state index in [-0.39, 0.29) is 0 Å². The van der Waals surface area contributed by atoms with Crippen LogP contribution in [0.3, 0.4) is 0 Å². The highest BCUT2D eigenvalue weighted by Gasteiger charge is 2.15. The SMILES string of the molecule is Cc1nc(C)c(-c2nnc(SCc3ccc(Cl)c(Cl)c3)o2)s1. The van der Waals surface area contributed by atoms with Gasteiger partial charge in [-0.25, -0.2) is 4.98 Å². The predicted molar refractivity (Wildman–Crippen MR) is 90.9 cm³/mol. The Balaban J connectivity index is 1.72. The molecule has 0 amide bonds. The molecule has 4 nitrogen and oxygen atoms in total. The van der Waals surface area contributed by atoms with Crippen LogP contribution in [0, 0.1) is 13.8 Å². The molecule has 114 valence electrons. The van der Waals surface area contributed by atoms with Crippen molar-refractivity contribution in [1.82, 2.24) is 15.2 Å². The zero-order valence-corrected chi connectivity index (χ0v) is 14.9. The highest BCUT2D eigenvalue weighted by atomic mass is 35.5. The minimum Gasteiger partial charge on any atom is -0.410 e. The third-order valence-corrected chi connectivity index (χ3v) is 5.54. The lowest BCUT2D eigenvalue weighted by Crippen LogP contribution is -1.81. The van der Waals surface area contributed by atoms with Crippen LogP contribution in [0.15, 0.2) is 27.8 Å². The van der Waals surface area contributed by atoms with Crippen molar-refractivity contribution in [3.8, 4) is 10.8 Å². The molecule has 0 atom stereocenters. The Hall–Kier alpha value is -1.08. The fraction of sp³-hybridized carbons (Fsp3) is 0.214. The van der Waals surface area contributed by atoms with Gasteiger partial charge in [0.05, 0.1) is 20.7 Å². The van der Waals surface area contributed by atoms with Crippen LogP contribution in [0.1, 0.15) is 16.3 Å². The van der Waals surface area contributed by atoms with Crippen LogP contribution >= 0.6 is 46.3 Å². The van der Waals surface area contributed by atoms with E-state index in [1.165, 1.54) is 11.8 Å². The fourth-order valence-electron chi connectivity index (χ4n) is 1.86. The molecule has 0 bridgehead atoms. The molecule has 2 heterocycles. The number of aryl methyl sites for hydroxylation is 2. The third kappa shape index (κ3) is 3.46. The molecule has 3 rings (SSSR count). The van der Waals surface area contributed by atoms with Crippen molar-refractivity contribution in [2.45, 2.75) is 24.8 Å². The van der Waals surface area contributed by atoms with Gasteiger partial charge in [0.1, 0.15) is 4.88 Å². The van der Waals surface area contributed by atoms with E-state index in [0.29, 0.717) is 26.9 Å². The van der Waals surface area contributed by atoms with Crippen molar-refractivity contribution in [2.24, 2.45) is 0 Å². The van der Waals surface area contributed by atoms with E-state index in [4.69, 9.17) is 27.6 Å². The number of thiazole rings is 1. The summed E-state index contributed by atoms with van der Waals surface area (Å²) in [5, 5.41) is 10.7. The van der Waals surface area contributed by atoms with Crippen molar-refractivity contribution < 1.29 is 4.42 Å². The topological polar surface area (TPSA) is 51.8 Å². The normalized spacial score (nSPS) is 11.1. The lowest BCUT2D eigenvalue weighted by atomic mass is 10.2. The van der Waals surface area contributed by atoms with Gasteiger partial charge in [0.2, 0.25) is 0 Å². The van der Waals surface area contributed by atoms with Crippen LogP contribution in [-0.2, 0) is 5.75 Å². The van der Waals surface area contributed by atoms with Gasteiger partial charge in [0.15, 0.2) is 0 Å². The van der Waals surface area contributed by atoms with Gasteiger partial charge < -0.3 is 4.42 Å². The van der Waals surface area contributed by atoms with Gasteiger partial charge in [-0.1, -0.05) is 41.0 Å². The number of aromatic nitrogens is 3. The van der Waals surface area contributed by atoms with Crippen molar-refractivity contribution in [3.05, 3.63) is 44.5 Å². The van der Waals surface area contributed by atoms with E-state index >= 15 is 0 Å². The average molecular weight is 372 g/mol. The average Bonchev–Trinajstić information content (AvgIpc) is 3.06. The molecule has 0 unspecified atom stereocenters. The quantitative estimate of drug-likeness (QED) is 0.573. The Morgan fingerprint density at radius 2 is 2.00 bits per heavy atom. The molecular weight excluding hydrogens is 361 g/mol. The minimum absolute atomic E-state index is 0.514. The molecule has 0 saturated heterocycles. The Kier molecular flexibility index (Phi) is 4.73. The minimum atomic E-state index is 0.514. The molecule has 0 N–H and O–H groups in total. The number of halogens is 2. The molecule has 22 heavy (non-hydrogen) atoms. The number of benzene rings is 1. The van der Waals surface area contributed by atoms with Gasteiger partial charge in [-0.2, -0.15) is 0 Å². The molecule has 3 aromatic rings. The molecule has 0 aliphatic carbocycles. The largest absolute Gasteiger partial charge is 0.410 e. The first-order valence-electron chi connectivity index (χ1n) is 6.37. The second-order valence-electron chi connectivity index (χ2n) is 4.56. The van der Waals surface area contributed by atoms with Gasteiger partial charge in [-0.3, -0.25) is 0 Å². The molecule has 0 aliphatic heterocycles. The molecule has 0 spiro atoms. The van der Waals surface area contributed by atoms with Gasteiger partial charge in [0.25, 0.3) is 11.1 Å². The number of hydrogen-bond acceptors (Lipinski definition) is 6. The first kappa shape index (κ1) is 15.8. The zero-order chi connectivity index (χ0) is 15.7. The summed E-state index contributed by atoms with van der Waals surface area (Å²) >= 11 is 14.9.